The second-order valence-electron chi connectivity index (χ2n) is 6.53. The molecule has 1 N–H and O–H groups in total. The first-order valence-electron chi connectivity index (χ1n) is 9.19. The molecular weight excluding hydrogens is 350 g/mol. The summed E-state index contributed by atoms with van der Waals surface area (Å²) < 4.78 is 11.7. The lowest BCUT2D eigenvalue weighted by molar-refractivity contribution is 0.277. The quantitative estimate of drug-likeness (QED) is 0.503. The van der Waals surface area contributed by atoms with Gasteiger partial charge in [-0.3, -0.25) is 0 Å². The lowest BCUT2D eigenvalue weighted by Crippen LogP contribution is -2.00. The van der Waals surface area contributed by atoms with Gasteiger partial charge in [0.25, 0.3) is 0 Å². The average Bonchev–Trinajstić information content (AvgIpc) is 2.76. The van der Waals surface area contributed by atoms with Crippen LogP contribution in [-0.4, -0.2) is 10.1 Å². The van der Waals surface area contributed by atoms with E-state index in [-0.39, 0.29) is 6.61 Å². The fraction of sp³-hybridized carbons (Fsp3) is 0.125. The van der Waals surface area contributed by atoms with Gasteiger partial charge in [0.1, 0.15) is 24.7 Å². The van der Waals surface area contributed by atoms with E-state index in [1.807, 2.05) is 78.9 Å². The third-order valence-corrected chi connectivity index (χ3v) is 4.43. The summed E-state index contributed by atoms with van der Waals surface area (Å²) in [6.45, 7) is 0.845. The highest BCUT2D eigenvalue weighted by atomic mass is 16.5. The van der Waals surface area contributed by atoms with Crippen LogP contribution in [-0.2, 0) is 19.8 Å². The Morgan fingerprint density at radius 1 is 0.679 bits per heavy atom. The zero-order valence-corrected chi connectivity index (χ0v) is 15.4. The Morgan fingerprint density at radius 2 is 1.39 bits per heavy atom. The van der Waals surface area contributed by atoms with Crippen molar-refractivity contribution < 1.29 is 14.6 Å². The van der Waals surface area contributed by atoms with Crippen molar-refractivity contribution in [2.24, 2.45) is 0 Å². The van der Waals surface area contributed by atoms with Crippen LogP contribution in [0.1, 0.15) is 16.8 Å². The van der Waals surface area contributed by atoms with Gasteiger partial charge in [0.2, 0.25) is 0 Å². The van der Waals surface area contributed by atoms with Gasteiger partial charge in [-0.05, 0) is 47.5 Å². The van der Waals surface area contributed by atoms with Crippen LogP contribution in [0.2, 0.25) is 0 Å². The molecule has 4 aromatic rings. The Hall–Kier alpha value is -3.37. The molecular formula is C24H21NO3. The van der Waals surface area contributed by atoms with E-state index in [4.69, 9.17) is 9.47 Å². The molecule has 0 aliphatic carbocycles. The minimum absolute atomic E-state index is 0.00331. The highest BCUT2D eigenvalue weighted by Gasteiger charge is 2.03. The maximum absolute atomic E-state index is 9.22. The van der Waals surface area contributed by atoms with Crippen LogP contribution >= 0.6 is 0 Å². The van der Waals surface area contributed by atoms with Gasteiger partial charge in [-0.1, -0.05) is 48.5 Å². The molecule has 4 heteroatoms. The van der Waals surface area contributed by atoms with Gasteiger partial charge in [-0.15, -0.1) is 0 Å². The maximum Gasteiger partial charge on any atom is 0.130 e. The Morgan fingerprint density at radius 3 is 2.21 bits per heavy atom. The van der Waals surface area contributed by atoms with Gasteiger partial charge in [0, 0.05) is 5.39 Å². The summed E-state index contributed by atoms with van der Waals surface area (Å²) in [5, 5.41) is 10.3. The number of pyridine rings is 1. The number of aliphatic hydroxyl groups is 1. The van der Waals surface area contributed by atoms with E-state index < -0.39 is 0 Å². The van der Waals surface area contributed by atoms with Crippen molar-refractivity contribution in [2.75, 3.05) is 0 Å². The maximum atomic E-state index is 9.22. The number of ether oxygens (including phenoxy) is 2. The van der Waals surface area contributed by atoms with Crippen LogP contribution in [0.4, 0.5) is 0 Å². The van der Waals surface area contributed by atoms with Crippen molar-refractivity contribution in [3.63, 3.8) is 0 Å². The van der Waals surface area contributed by atoms with Crippen LogP contribution in [0.5, 0.6) is 11.5 Å². The summed E-state index contributed by atoms with van der Waals surface area (Å²) in [5.41, 5.74) is 3.70. The van der Waals surface area contributed by atoms with E-state index in [0.29, 0.717) is 13.2 Å². The van der Waals surface area contributed by atoms with E-state index in [9.17, 15) is 5.11 Å². The van der Waals surface area contributed by atoms with Gasteiger partial charge in [-0.25, -0.2) is 4.98 Å². The molecule has 0 fully saturated rings. The highest BCUT2D eigenvalue weighted by Crippen LogP contribution is 2.19. The number of fused-ring (bicyclic) bond motifs is 1. The molecule has 0 bridgehead atoms. The van der Waals surface area contributed by atoms with E-state index in [1.54, 1.807) is 0 Å². The van der Waals surface area contributed by atoms with Crippen LogP contribution in [0.3, 0.4) is 0 Å². The van der Waals surface area contributed by atoms with Gasteiger partial charge in [-0.2, -0.15) is 0 Å². The Balaban J connectivity index is 1.38. The first-order chi connectivity index (χ1) is 13.8. The standard InChI is InChI=1S/C24H21NO3/c26-15-18-5-3-8-22(13-18)27-16-19-6-4-9-23(14-19)28-17-21-12-11-20-7-1-2-10-24(20)25-21/h1-14,26H,15-17H2. The molecule has 4 nitrogen and oxygen atoms in total. The Kier molecular flexibility index (Phi) is 5.50. The highest BCUT2D eigenvalue weighted by molar-refractivity contribution is 5.78. The van der Waals surface area contributed by atoms with E-state index >= 15 is 0 Å². The van der Waals surface area contributed by atoms with Gasteiger partial charge in [0.05, 0.1) is 17.8 Å². The zero-order chi connectivity index (χ0) is 19.2. The average molecular weight is 371 g/mol. The molecule has 3 aromatic carbocycles. The fourth-order valence-corrected chi connectivity index (χ4v) is 2.97. The predicted molar refractivity (Wildman–Crippen MR) is 109 cm³/mol. The molecule has 1 heterocycles. The Labute approximate surface area is 164 Å². The number of para-hydroxylation sites is 1. The molecule has 0 amide bonds. The summed E-state index contributed by atoms with van der Waals surface area (Å²) in [5.74, 6) is 1.51. The smallest absolute Gasteiger partial charge is 0.130 e. The lowest BCUT2D eigenvalue weighted by Gasteiger charge is -2.10. The van der Waals surface area contributed by atoms with Crippen molar-refractivity contribution in [1.29, 1.82) is 0 Å². The summed E-state index contributed by atoms with van der Waals surface area (Å²) in [4.78, 5) is 4.63. The minimum atomic E-state index is 0.00331. The number of nitrogens with zero attached hydrogens (tertiary/aromatic N) is 1. The van der Waals surface area contributed by atoms with Crippen molar-refractivity contribution in [3.8, 4) is 11.5 Å². The second kappa shape index (κ2) is 8.55. The number of aliphatic hydroxyl groups excluding tert-OH is 1. The summed E-state index contributed by atoms with van der Waals surface area (Å²) >= 11 is 0. The van der Waals surface area contributed by atoms with Crippen molar-refractivity contribution in [2.45, 2.75) is 19.8 Å². The van der Waals surface area contributed by atoms with Crippen molar-refractivity contribution in [3.05, 3.63) is 102 Å². The molecule has 0 aliphatic rings. The van der Waals surface area contributed by atoms with Gasteiger partial charge in [0.15, 0.2) is 0 Å². The lowest BCUT2D eigenvalue weighted by atomic mass is 10.2. The molecule has 4 rings (SSSR count). The zero-order valence-electron chi connectivity index (χ0n) is 15.4. The second-order valence-corrected chi connectivity index (χ2v) is 6.53. The van der Waals surface area contributed by atoms with E-state index in [0.717, 1.165) is 39.2 Å². The fourth-order valence-electron chi connectivity index (χ4n) is 2.97. The normalized spacial score (nSPS) is 10.8. The summed E-state index contributed by atoms with van der Waals surface area (Å²) in [7, 11) is 0. The third-order valence-electron chi connectivity index (χ3n) is 4.43. The first kappa shape index (κ1) is 18.0. The molecule has 0 saturated heterocycles. The molecule has 0 unspecified atom stereocenters. The molecule has 28 heavy (non-hydrogen) atoms. The molecule has 0 spiro atoms. The van der Waals surface area contributed by atoms with E-state index in [2.05, 4.69) is 11.1 Å². The molecule has 0 radical (unpaired) electrons. The third kappa shape index (κ3) is 4.48. The van der Waals surface area contributed by atoms with Crippen LogP contribution in [0.15, 0.2) is 84.9 Å². The minimum Gasteiger partial charge on any atom is -0.489 e. The van der Waals surface area contributed by atoms with Crippen molar-refractivity contribution >= 4 is 10.9 Å². The number of rotatable bonds is 7. The summed E-state index contributed by atoms with van der Waals surface area (Å²) in [6.07, 6.45) is 0. The predicted octanol–water partition coefficient (Wildman–Crippen LogP) is 4.89. The largest absolute Gasteiger partial charge is 0.489 e. The van der Waals surface area contributed by atoms with Crippen LogP contribution in [0, 0.1) is 0 Å². The number of aromatic nitrogens is 1. The number of hydrogen-bond donors (Lipinski definition) is 1. The molecule has 0 saturated carbocycles. The molecule has 140 valence electrons. The topological polar surface area (TPSA) is 51.6 Å². The van der Waals surface area contributed by atoms with Crippen molar-refractivity contribution in [1.82, 2.24) is 4.98 Å². The monoisotopic (exact) mass is 371 g/mol. The molecule has 0 atom stereocenters. The van der Waals surface area contributed by atoms with Crippen LogP contribution < -0.4 is 9.47 Å². The SMILES string of the molecule is OCc1cccc(OCc2cccc(OCc3ccc4ccccc4n3)c2)c1. The number of hydrogen-bond acceptors (Lipinski definition) is 4. The Bertz CT molecular complexity index is 1080. The van der Waals surface area contributed by atoms with Crippen LogP contribution in [0.25, 0.3) is 10.9 Å². The van der Waals surface area contributed by atoms with Gasteiger partial charge >= 0.3 is 0 Å². The first-order valence-corrected chi connectivity index (χ1v) is 9.19. The number of benzene rings is 3. The molecule has 0 aliphatic heterocycles. The van der Waals surface area contributed by atoms with E-state index in [1.165, 1.54) is 0 Å². The summed E-state index contributed by atoms with van der Waals surface area (Å²) in [6, 6.07) is 27.4. The molecule has 1 aromatic heterocycles. The van der Waals surface area contributed by atoms with Gasteiger partial charge < -0.3 is 14.6 Å².